The molecule has 6 heteroatoms. The third kappa shape index (κ3) is 5.79. The highest BCUT2D eigenvalue weighted by atomic mass is 32.2. The van der Waals surface area contributed by atoms with Gasteiger partial charge in [0, 0.05) is 12.6 Å². The molecule has 0 rings (SSSR count). The molecular formula is C10H23NO4S. The third-order valence-corrected chi connectivity index (χ3v) is 4.05. The zero-order valence-electron chi connectivity index (χ0n) is 10.5. The third-order valence-electron chi connectivity index (χ3n) is 2.05. The molecule has 0 aromatic rings. The monoisotopic (exact) mass is 253 g/mol. The van der Waals surface area contributed by atoms with E-state index < -0.39 is 10.0 Å². The van der Waals surface area contributed by atoms with Crippen LogP contribution in [0, 0.1) is 0 Å². The maximum Gasteiger partial charge on any atom is 0.216 e. The zero-order chi connectivity index (χ0) is 12.8. The molecule has 0 aromatic heterocycles. The summed E-state index contributed by atoms with van der Waals surface area (Å²) >= 11 is 0. The van der Waals surface area contributed by atoms with E-state index >= 15 is 0 Å². The van der Waals surface area contributed by atoms with Crippen LogP contribution in [0.15, 0.2) is 0 Å². The Balaban J connectivity index is 4.37. The van der Waals surface area contributed by atoms with Crippen molar-refractivity contribution in [2.24, 2.45) is 0 Å². The van der Waals surface area contributed by atoms with Crippen molar-refractivity contribution in [3.8, 4) is 0 Å². The second kappa shape index (κ2) is 7.21. The number of aliphatic hydroxyl groups excluding tert-OH is 1. The molecule has 0 spiro atoms. The lowest BCUT2D eigenvalue weighted by atomic mass is 10.4. The molecule has 0 atom stereocenters. The molecule has 0 amide bonds. The van der Waals surface area contributed by atoms with E-state index in [2.05, 4.69) is 0 Å². The quantitative estimate of drug-likeness (QED) is 0.682. The maximum atomic E-state index is 11.9. The minimum atomic E-state index is -3.33. The van der Waals surface area contributed by atoms with Crippen molar-refractivity contribution in [2.45, 2.75) is 39.8 Å². The molecule has 0 saturated carbocycles. The number of hydrogen-bond donors (Lipinski definition) is 1. The average Bonchev–Trinajstić information content (AvgIpc) is 2.12. The van der Waals surface area contributed by atoms with Crippen molar-refractivity contribution in [2.75, 3.05) is 25.5 Å². The first-order valence-electron chi connectivity index (χ1n) is 5.53. The SMILES string of the molecule is CC(C)OCCS(=O)(=O)N(CCO)C(C)C. The first kappa shape index (κ1) is 15.8. The van der Waals surface area contributed by atoms with Gasteiger partial charge in [-0.05, 0) is 27.7 Å². The topological polar surface area (TPSA) is 66.8 Å². The Kier molecular flexibility index (Phi) is 7.14. The highest BCUT2D eigenvalue weighted by Gasteiger charge is 2.23. The summed E-state index contributed by atoms with van der Waals surface area (Å²) in [6.07, 6.45) is 0.0283. The molecule has 0 saturated heterocycles. The summed E-state index contributed by atoms with van der Waals surface area (Å²) in [5.74, 6) is -0.0383. The number of ether oxygens (including phenoxy) is 1. The largest absolute Gasteiger partial charge is 0.395 e. The predicted molar refractivity (Wildman–Crippen MR) is 63.8 cm³/mol. The molecule has 0 aromatic carbocycles. The van der Waals surface area contributed by atoms with Crippen LogP contribution in [0.1, 0.15) is 27.7 Å². The molecule has 1 N–H and O–H groups in total. The number of rotatable bonds is 8. The van der Waals surface area contributed by atoms with E-state index in [4.69, 9.17) is 9.84 Å². The van der Waals surface area contributed by atoms with Gasteiger partial charge in [0.05, 0.1) is 25.1 Å². The minimum Gasteiger partial charge on any atom is -0.395 e. The lowest BCUT2D eigenvalue weighted by Crippen LogP contribution is -2.41. The Hall–Kier alpha value is -0.170. The van der Waals surface area contributed by atoms with Crippen molar-refractivity contribution >= 4 is 10.0 Å². The number of aliphatic hydroxyl groups is 1. The van der Waals surface area contributed by atoms with Crippen LogP contribution in [0.4, 0.5) is 0 Å². The molecular weight excluding hydrogens is 230 g/mol. The summed E-state index contributed by atoms with van der Waals surface area (Å²) in [4.78, 5) is 0. The van der Waals surface area contributed by atoms with Crippen LogP contribution in [0.25, 0.3) is 0 Å². The first-order chi connectivity index (χ1) is 7.31. The lowest BCUT2D eigenvalue weighted by Gasteiger charge is -2.25. The van der Waals surface area contributed by atoms with E-state index in [0.717, 1.165) is 0 Å². The van der Waals surface area contributed by atoms with Crippen LogP contribution in [-0.2, 0) is 14.8 Å². The lowest BCUT2D eigenvalue weighted by molar-refractivity contribution is 0.0904. The van der Waals surface area contributed by atoms with Gasteiger partial charge in [0.15, 0.2) is 0 Å². The van der Waals surface area contributed by atoms with Gasteiger partial charge in [0.25, 0.3) is 0 Å². The van der Waals surface area contributed by atoms with Crippen LogP contribution in [-0.4, -0.2) is 55.5 Å². The van der Waals surface area contributed by atoms with Gasteiger partial charge in [-0.1, -0.05) is 0 Å². The molecule has 0 fully saturated rings. The summed E-state index contributed by atoms with van der Waals surface area (Å²) in [6, 6.07) is -0.142. The molecule has 0 radical (unpaired) electrons. The van der Waals surface area contributed by atoms with Crippen LogP contribution in [0.3, 0.4) is 0 Å². The summed E-state index contributed by atoms with van der Waals surface area (Å²) in [5, 5.41) is 8.83. The Morgan fingerprint density at radius 2 is 1.81 bits per heavy atom. The summed E-state index contributed by atoms with van der Waals surface area (Å²) < 4.78 is 30.3. The van der Waals surface area contributed by atoms with Crippen molar-refractivity contribution in [1.29, 1.82) is 0 Å². The minimum absolute atomic E-state index is 0.0283. The van der Waals surface area contributed by atoms with Crippen molar-refractivity contribution in [3.05, 3.63) is 0 Å². The molecule has 98 valence electrons. The second-order valence-corrected chi connectivity index (χ2v) is 6.20. The Bertz CT molecular complexity index is 275. The van der Waals surface area contributed by atoms with E-state index in [1.54, 1.807) is 13.8 Å². The standard InChI is InChI=1S/C10H23NO4S/c1-9(2)11(5-6-12)16(13,14)8-7-15-10(3)4/h9-10,12H,5-8H2,1-4H3. The predicted octanol–water partition coefficient (Wildman–Crippen LogP) is 0.444. The van der Waals surface area contributed by atoms with Crippen molar-refractivity contribution in [3.63, 3.8) is 0 Å². The molecule has 0 aliphatic carbocycles. The number of hydrogen-bond acceptors (Lipinski definition) is 4. The van der Waals surface area contributed by atoms with Gasteiger partial charge in [0.1, 0.15) is 0 Å². The fourth-order valence-electron chi connectivity index (χ4n) is 1.32. The average molecular weight is 253 g/mol. The van der Waals surface area contributed by atoms with Gasteiger partial charge in [0.2, 0.25) is 10.0 Å². The van der Waals surface area contributed by atoms with Crippen molar-refractivity contribution in [1.82, 2.24) is 4.31 Å². The number of nitrogens with zero attached hydrogens (tertiary/aromatic N) is 1. The van der Waals surface area contributed by atoms with Gasteiger partial charge < -0.3 is 9.84 Å². The highest BCUT2D eigenvalue weighted by molar-refractivity contribution is 7.89. The van der Waals surface area contributed by atoms with Gasteiger partial charge in [-0.25, -0.2) is 8.42 Å². The highest BCUT2D eigenvalue weighted by Crippen LogP contribution is 2.07. The second-order valence-electron chi connectivity index (χ2n) is 4.16. The fraction of sp³-hybridized carbons (Fsp3) is 1.00. The van der Waals surface area contributed by atoms with E-state index in [1.165, 1.54) is 4.31 Å². The number of sulfonamides is 1. The normalized spacial score (nSPS) is 13.0. The van der Waals surface area contributed by atoms with Crippen LogP contribution in [0.2, 0.25) is 0 Å². The van der Waals surface area contributed by atoms with E-state index in [9.17, 15) is 8.42 Å². The fourth-order valence-corrected chi connectivity index (χ4v) is 2.87. The molecule has 0 aliphatic heterocycles. The molecule has 0 unspecified atom stereocenters. The molecule has 0 bridgehead atoms. The zero-order valence-corrected chi connectivity index (χ0v) is 11.3. The summed E-state index contributed by atoms with van der Waals surface area (Å²) in [5.41, 5.74) is 0. The van der Waals surface area contributed by atoms with Gasteiger partial charge in [-0.2, -0.15) is 4.31 Å². The Morgan fingerprint density at radius 1 is 1.25 bits per heavy atom. The van der Waals surface area contributed by atoms with E-state index in [1.807, 2.05) is 13.8 Å². The molecule has 0 heterocycles. The van der Waals surface area contributed by atoms with Gasteiger partial charge in [-0.15, -0.1) is 0 Å². The van der Waals surface area contributed by atoms with Gasteiger partial charge in [-0.3, -0.25) is 0 Å². The van der Waals surface area contributed by atoms with E-state index in [-0.39, 0.29) is 37.7 Å². The molecule has 16 heavy (non-hydrogen) atoms. The Labute approximate surface area is 98.5 Å². The van der Waals surface area contributed by atoms with E-state index in [0.29, 0.717) is 0 Å². The Morgan fingerprint density at radius 3 is 2.19 bits per heavy atom. The van der Waals surface area contributed by atoms with Gasteiger partial charge >= 0.3 is 0 Å². The summed E-state index contributed by atoms with van der Waals surface area (Å²) in [7, 11) is -3.33. The molecule has 5 nitrogen and oxygen atoms in total. The smallest absolute Gasteiger partial charge is 0.216 e. The van der Waals surface area contributed by atoms with Crippen LogP contribution < -0.4 is 0 Å². The van der Waals surface area contributed by atoms with Crippen LogP contribution in [0.5, 0.6) is 0 Å². The first-order valence-corrected chi connectivity index (χ1v) is 7.14. The molecule has 0 aliphatic rings. The maximum absolute atomic E-state index is 11.9. The summed E-state index contributed by atoms with van der Waals surface area (Å²) in [6.45, 7) is 7.47. The van der Waals surface area contributed by atoms with Crippen LogP contribution >= 0.6 is 0 Å². The van der Waals surface area contributed by atoms with Crippen molar-refractivity contribution < 1.29 is 18.3 Å².